The maximum absolute atomic E-state index is 5.81. The van der Waals surface area contributed by atoms with Crippen LogP contribution in [-0.2, 0) is 26.6 Å². The van der Waals surface area contributed by atoms with E-state index in [2.05, 4.69) is 27.8 Å². The van der Waals surface area contributed by atoms with Gasteiger partial charge in [-0.3, -0.25) is 0 Å². The van der Waals surface area contributed by atoms with Gasteiger partial charge < -0.3 is 14.9 Å². The zero-order valence-electron chi connectivity index (χ0n) is 11.5. The van der Waals surface area contributed by atoms with Crippen LogP contribution in [0.1, 0.15) is 17.9 Å². The van der Waals surface area contributed by atoms with Gasteiger partial charge in [0.2, 0.25) is 0 Å². The van der Waals surface area contributed by atoms with E-state index in [-0.39, 0.29) is 0 Å². The maximum atomic E-state index is 5.81. The number of imidazole rings is 2. The third-order valence-electron chi connectivity index (χ3n) is 4.13. The van der Waals surface area contributed by atoms with Crippen LogP contribution in [0.15, 0.2) is 24.5 Å². The molecule has 20 heavy (non-hydrogen) atoms. The summed E-state index contributed by atoms with van der Waals surface area (Å²) < 4.78 is 4.31. The lowest BCUT2D eigenvalue weighted by Crippen LogP contribution is -2.06. The normalized spacial score (nSPS) is 14.1. The van der Waals surface area contributed by atoms with Crippen LogP contribution in [0, 0.1) is 0 Å². The molecule has 0 radical (unpaired) electrons. The van der Waals surface area contributed by atoms with Gasteiger partial charge in [0.05, 0.1) is 29.6 Å². The number of nitrogens with two attached hydrogens (primary N) is 1. The Kier molecular flexibility index (Phi) is 2.44. The van der Waals surface area contributed by atoms with E-state index in [4.69, 9.17) is 10.7 Å². The van der Waals surface area contributed by atoms with Crippen molar-refractivity contribution in [2.45, 2.75) is 25.9 Å². The van der Waals surface area contributed by atoms with Gasteiger partial charge in [-0.2, -0.15) is 0 Å². The van der Waals surface area contributed by atoms with Crippen LogP contribution in [-0.4, -0.2) is 19.1 Å². The van der Waals surface area contributed by atoms with Crippen LogP contribution in [0.25, 0.3) is 22.3 Å². The predicted molar refractivity (Wildman–Crippen MR) is 78.1 cm³/mol. The first-order valence-corrected chi connectivity index (χ1v) is 6.97. The van der Waals surface area contributed by atoms with Crippen LogP contribution in [0.3, 0.4) is 0 Å². The Morgan fingerprint density at radius 1 is 1.35 bits per heavy atom. The minimum absolute atomic E-state index is 0.499. The van der Waals surface area contributed by atoms with E-state index in [0.29, 0.717) is 6.54 Å². The molecular weight excluding hydrogens is 250 g/mol. The number of aromatic nitrogens is 4. The number of fused-ring (bicyclic) bond motifs is 2. The number of rotatable bonds is 2. The first kappa shape index (κ1) is 11.7. The average molecular weight is 267 g/mol. The minimum Gasteiger partial charge on any atom is -0.334 e. The molecule has 1 aliphatic heterocycles. The fourth-order valence-corrected chi connectivity index (χ4v) is 3.13. The van der Waals surface area contributed by atoms with Gasteiger partial charge in [0.25, 0.3) is 0 Å². The van der Waals surface area contributed by atoms with Crippen molar-refractivity contribution < 1.29 is 0 Å². The van der Waals surface area contributed by atoms with Gasteiger partial charge in [0.1, 0.15) is 5.82 Å². The molecule has 3 heterocycles. The van der Waals surface area contributed by atoms with Crippen molar-refractivity contribution in [1.29, 1.82) is 0 Å². The molecule has 2 N–H and O–H groups in total. The van der Waals surface area contributed by atoms with Gasteiger partial charge in [-0.05, 0) is 25.0 Å². The molecule has 0 spiro atoms. The Labute approximate surface area is 117 Å². The summed E-state index contributed by atoms with van der Waals surface area (Å²) in [7, 11) is 2.01. The van der Waals surface area contributed by atoms with Crippen molar-refractivity contribution in [1.82, 2.24) is 19.1 Å². The summed E-state index contributed by atoms with van der Waals surface area (Å²) in [6, 6.07) is 6.36. The molecule has 0 aliphatic carbocycles. The lowest BCUT2D eigenvalue weighted by molar-refractivity contribution is 0.689. The molecule has 0 saturated carbocycles. The smallest absolute Gasteiger partial charge is 0.123 e. The molecule has 102 valence electrons. The molecule has 0 unspecified atom stereocenters. The summed E-state index contributed by atoms with van der Waals surface area (Å²) in [5.74, 6) is 0.994. The Balaban J connectivity index is 1.90. The first-order valence-electron chi connectivity index (χ1n) is 6.97. The van der Waals surface area contributed by atoms with E-state index >= 15 is 0 Å². The number of hydrogen-bond acceptors (Lipinski definition) is 3. The highest BCUT2D eigenvalue weighted by Crippen LogP contribution is 2.30. The summed E-state index contributed by atoms with van der Waals surface area (Å²) in [4.78, 5) is 9.17. The molecule has 0 amide bonds. The molecule has 1 aromatic carbocycles. The quantitative estimate of drug-likeness (QED) is 0.770. The van der Waals surface area contributed by atoms with Crippen LogP contribution < -0.4 is 5.73 Å². The molecule has 2 aromatic heterocycles. The fraction of sp³-hybridized carbons (Fsp3) is 0.333. The van der Waals surface area contributed by atoms with Crippen LogP contribution >= 0.6 is 0 Å². The molecule has 5 nitrogen and oxygen atoms in total. The second-order valence-corrected chi connectivity index (χ2v) is 5.34. The van der Waals surface area contributed by atoms with Gasteiger partial charge in [0.15, 0.2) is 0 Å². The second kappa shape index (κ2) is 4.18. The fourth-order valence-electron chi connectivity index (χ4n) is 3.13. The lowest BCUT2D eigenvalue weighted by Gasteiger charge is -2.01. The lowest BCUT2D eigenvalue weighted by atomic mass is 10.1. The standard InChI is InChI=1S/C15H17N5/c1-19-9-17-11-7-10(4-5-12(11)19)15-13-3-2-6-20(13)14(8-16)18-15/h4-5,7,9H,2-3,6,8,16H2,1H3. The topological polar surface area (TPSA) is 61.7 Å². The molecule has 0 atom stereocenters. The Hall–Kier alpha value is -2.14. The molecule has 0 bridgehead atoms. The van der Waals surface area contributed by atoms with E-state index in [1.807, 2.05) is 17.9 Å². The minimum atomic E-state index is 0.499. The molecule has 0 fully saturated rings. The van der Waals surface area contributed by atoms with Crippen molar-refractivity contribution >= 4 is 11.0 Å². The molecular formula is C15H17N5. The molecule has 1 aliphatic rings. The van der Waals surface area contributed by atoms with Gasteiger partial charge in [-0.1, -0.05) is 6.07 Å². The van der Waals surface area contributed by atoms with Crippen molar-refractivity contribution in [2.75, 3.05) is 0 Å². The highest BCUT2D eigenvalue weighted by Gasteiger charge is 2.21. The Morgan fingerprint density at radius 3 is 3.10 bits per heavy atom. The number of nitrogens with zero attached hydrogens (tertiary/aromatic N) is 4. The average Bonchev–Trinajstić information content (AvgIpc) is 3.13. The summed E-state index contributed by atoms with van der Waals surface area (Å²) >= 11 is 0. The Morgan fingerprint density at radius 2 is 2.25 bits per heavy atom. The predicted octanol–water partition coefficient (Wildman–Crippen LogP) is 1.84. The van der Waals surface area contributed by atoms with Gasteiger partial charge in [0, 0.05) is 24.8 Å². The van der Waals surface area contributed by atoms with Crippen molar-refractivity contribution in [3.63, 3.8) is 0 Å². The third-order valence-corrected chi connectivity index (χ3v) is 4.13. The third kappa shape index (κ3) is 1.53. The zero-order chi connectivity index (χ0) is 13.7. The largest absolute Gasteiger partial charge is 0.334 e. The maximum Gasteiger partial charge on any atom is 0.123 e. The van der Waals surface area contributed by atoms with Crippen LogP contribution in [0.2, 0.25) is 0 Å². The van der Waals surface area contributed by atoms with E-state index < -0.39 is 0 Å². The van der Waals surface area contributed by atoms with Gasteiger partial charge >= 0.3 is 0 Å². The second-order valence-electron chi connectivity index (χ2n) is 5.34. The summed E-state index contributed by atoms with van der Waals surface area (Å²) in [6.07, 6.45) is 4.11. The van der Waals surface area contributed by atoms with Crippen molar-refractivity contribution in [2.24, 2.45) is 12.8 Å². The molecule has 5 heteroatoms. The number of benzene rings is 1. The van der Waals surface area contributed by atoms with Crippen LogP contribution in [0.4, 0.5) is 0 Å². The number of hydrogen-bond donors (Lipinski definition) is 1. The first-order chi connectivity index (χ1) is 9.78. The molecule has 0 saturated heterocycles. The van der Waals surface area contributed by atoms with E-state index in [1.165, 1.54) is 12.1 Å². The number of aryl methyl sites for hydroxylation is 1. The molecule has 3 aromatic rings. The highest BCUT2D eigenvalue weighted by molar-refractivity contribution is 5.81. The summed E-state index contributed by atoms with van der Waals surface area (Å²) in [6.45, 7) is 1.54. The summed E-state index contributed by atoms with van der Waals surface area (Å²) in [5, 5.41) is 0. The van der Waals surface area contributed by atoms with Crippen molar-refractivity contribution in [3.8, 4) is 11.3 Å². The monoisotopic (exact) mass is 267 g/mol. The molecule has 4 rings (SSSR count). The zero-order valence-corrected chi connectivity index (χ0v) is 11.5. The Bertz CT molecular complexity index is 796. The van der Waals surface area contributed by atoms with Crippen molar-refractivity contribution in [3.05, 3.63) is 36.0 Å². The SMILES string of the molecule is Cn1cnc2cc(-c3nc(CN)n4c3CCC4)ccc21. The van der Waals surface area contributed by atoms with E-state index in [0.717, 1.165) is 41.1 Å². The summed E-state index contributed by atoms with van der Waals surface area (Å²) in [5.41, 5.74) is 11.5. The van der Waals surface area contributed by atoms with Crippen LogP contribution in [0.5, 0.6) is 0 Å². The van der Waals surface area contributed by atoms with E-state index in [9.17, 15) is 0 Å². The van der Waals surface area contributed by atoms with Gasteiger partial charge in [-0.15, -0.1) is 0 Å². The van der Waals surface area contributed by atoms with Gasteiger partial charge in [-0.25, -0.2) is 9.97 Å². The highest BCUT2D eigenvalue weighted by atomic mass is 15.1. The van der Waals surface area contributed by atoms with E-state index in [1.54, 1.807) is 0 Å².